The number of nitrogens with zero attached hydrogens (tertiary/aromatic N) is 1. The first kappa shape index (κ1) is 8.49. The van der Waals surface area contributed by atoms with Gasteiger partial charge in [0.1, 0.15) is 0 Å². The van der Waals surface area contributed by atoms with Crippen molar-refractivity contribution in [2.45, 2.75) is 13.0 Å². The molecular formula is C7H15N3O. The van der Waals surface area contributed by atoms with Gasteiger partial charge in [-0.25, -0.2) is 0 Å². The Kier molecular flexibility index (Phi) is 2.84. The minimum atomic E-state index is -0.00713. The summed E-state index contributed by atoms with van der Waals surface area (Å²) in [6, 6.07) is -0.00713. The van der Waals surface area contributed by atoms with E-state index in [4.69, 9.17) is 5.73 Å². The summed E-state index contributed by atoms with van der Waals surface area (Å²) in [5.74, 6) is 0.115. The summed E-state index contributed by atoms with van der Waals surface area (Å²) < 4.78 is 0. The highest BCUT2D eigenvalue weighted by atomic mass is 16.2. The van der Waals surface area contributed by atoms with E-state index >= 15 is 0 Å². The Hall–Kier alpha value is -0.610. The fourth-order valence-electron chi connectivity index (χ4n) is 1.30. The van der Waals surface area contributed by atoms with Crippen LogP contribution in [-0.2, 0) is 4.79 Å². The van der Waals surface area contributed by atoms with Crippen LogP contribution in [0.4, 0.5) is 0 Å². The van der Waals surface area contributed by atoms with E-state index in [-0.39, 0.29) is 11.9 Å². The first-order valence-electron chi connectivity index (χ1n) is 3.97. The predicted octanol–water partition coefficient (Wildman–Crippen LogP) is -1.23. The van der Waals surface area contributed by atoms with Crippen LogP contribution < -0.4 is 11.1 Å². The number of carbonyl (C=O) groups excluding carboxylic acids is 1. The first-order valence-corrected chi connectivity index (χ1v) is 3.97. The molecule has 0 bridgehead atoms. The molecule has 1 rings (SSSR count). The number of carbonyl (C=O) groups is 1. The molecule has 4 nitrogen and oxygen atoms in total. The van der Waals surface area contributed by atoms with E-state index in [9.17, 15) is 4.79 Å². The molecule has 1 heterocycles. The Labute approximate surface area is 66.7 Å². The van der Waals surface area contributed by atoms with Gasteiger partial charge in [-0.3, -0.25) is 9.69 Å². The molecule has 1 aliphatic rings. The van der Waals surface area contributed by atoms with Crippen LogP contribution in [0, 0.1) is 0 Å². The molecule has 3 N–H and O–H groups in total. The third-order valence-corrected chi connectivity index (χ3v) is 2.04. The lowest BCUT2D eigenvalue weighted by atomic mass is 10.2. The lowest BCUT2D eigenvalue weighted by Crippen LogP contribution is -2.54. The average Bonchev–Trinajstić information content (AvgIpc) is 1.99. The molecule has 0 aromatic heterocycles. The lowest BCUT2D eigenvalue weighted by molar-refractivity contribution is -0.128. The van der Waals surface area contributed by atoms with Gasteiger partial charge in [0.15, 0.2) is 0 Å². The van der Waals surface area contributed by atoms with Crippen LogP contribution >= 0.6 is 0 Å². The quantitative estimate of drug-likeness (QED) is 0.527. The monoisotopic (exact) mass is 157 g/mol. The molecule has 0 aromatic carbocycles. The van der Waals surface area contributed by atoms with Crippen LogP contribution in [0.1, 0.15) is 6.92 Å². The van der Waals surface area contributed by atoms with Crippen molar-refractivity contribution < 1.29 is 4.79 Å². The molecule has 0 spiro atoms. The van der Waals surface area contributed by atoms with Crippen molar-refractivity contribution in [3.05, 3.63) is 0 Å². The molecule has 4 heteroatoms. The largest absolute Gasteiger partial charge is 0.353 e. The molecule has 0 aliphatic carbocycles. The molecule has 1 atom stereocenters. The smallest absolute Gasteiger partial charge is 0.237 e. The number of amides is 1. The number of hydrogen-bond acceptors (Lipinski definition) is 3. The molecule has 0 saturated carbocycles. The molecule has 0 radical (unpaired) electrons. The second-order valence-corrected chi connectivity index (χ2v) is 2.79. The Morgan fingerprint density at radius 3 is 3.18 bits per heavy atom. The van der Waals surface area contributed by atoms with Crippen molar-refractivity contribution >= 4 is 5.91 Å². The van der Waals surface area contributed by atoms with Crippen LogP contribution in [0.15, 0.2) is 0 Å². The summed E-state index contributed by atoms with van der Waals surface area (Å²) in [5.41, 5.74) is 5.39. The molecule has 64 valence electrons. The van der Waals surface area contributed by atoms with Gasteiger partial charge in [0.25, 0.3) is 0 Å². The zero-order valence-electron chi connectivity index (χ0n) is 6.84. The van der Waals surface area contributed by atoms with E-state index < -0.39 is 0 Å². The van der Waals surface area contributed by atoms with Crippen molar-refractivity contribution in [2.75, 3.05) is 26.2 Å². The van der Waals surface area contributed by atoms with Crippen molar-refractivity contribution in [2.24, 2.45) is 5.73 Å². The van der Waals surface area contributed by atoms with Gasteiger partial charge in [-0.05, 0) is 6.92 Å². The maximum absolute atomic E-state index is 11.1. The van der Waals surface area contributed by atoms with Crippen LogP contribution in [0.25, 0.3) is 0 Å². The molecule has 1 unspecified atom stereocenters. The van der Waals surface area contributed by atoms with Gasteiger partial charge in [0, 0.05) is 26.2 Å². The van der Waals surface area contributed by atoms with Gasteiger partial charge >= 0.3 is 0 Å². The van der Waals surface area contributed by atoms with E-state index in [2.05, 4.69) is 10.2 Å². The first-order chi connectivity index (χ1) is 5.25. The van der Waals surface area contributed by atoms with Crippen LogP contribution in [0.3, 0.4) is 0 Å². The van der Waals surface area contributed by atoms with E-state index in [0.717, 1.165) is 19.6 Å². The average molecular weight is 157 g/mol. The van der Waals surface area contributed by atoms with Crippen molar-refractivity contribution in [1.29, 1.82) is 0 Å². The van der Waals surface area contributed by atoms with Gasteiger partial charge in [-0.1, -0.05) is 0 Å². The van der Waals surface area contributed by atoms with E-state index in [1.54, 1.807) is 0 Å². The number of nitrogens with one attached hydrogen (secondary N) is 1. The van der Waals surface area contributed by atoms with E-state index in [1.165, 1.54) is 0 Å². The molecular weight excluding hydrogens is 142 g/mol. The highest BCUT2D eigenvalue weighted by Crippen LogP contribution is 2.01. The third-order valence-electron chi connectivity index (χ3n) is 2.04. The lowest BCUT2D eigenvalue weighted by Gasteiger charge is -2.32. The highest BCUT2D eigenvalue weighted by Gasteiger charge is 2.23. The number of nitrogens with two attached hydrogens (primary N) is 1. The van der Waals surface area contributed by atoms with Gasteiger partial charge in [-0.15, -0.1) is 0 Å². The fraction of sp³-hybridized carbons (Fsp3) is 0.857. The van der Waals surface area contributed by atoms with Gasteiger partial charge < -0.3 is 11.1 Å². The predicted molar refractivity (Wildman–Crippen MR) is 43.1 cm³/mol. The molecule has 1 saturated heterocycles. The molecule has 0 aromatic rings. The summed E-state index contributed by atoms with van der Waals surface area (Å²) in [5, 5.41) is 2.80. The number of rotatable bonds is 2. The van der Waals surface area contributed by atoms with Gasteiger partial charge in [-0.2, -0.15) is 0 Å². The fourth-order valence-corrected chi connectivity index (χ4v) is 1.30. The SMILES string of the molecule is CC1C(=O)NCCN1CCN. The second-order valence-electron chi connectivity index (χ2n) is 2.79. The zero-order valence-corrected chi connectivity index (χ0v) is 6.84. The van der Waals surface area contributed by atoms with Crippen LogP contribution in [0.2, 0.25) is 0 Å². The van der Waals surface area contributed by atoms with Crippen LogP contribution in [-0.4, -0.2) is 43.0 Å². The number of piperazine rings is 1. The minimum absolute atomic E-state index is 0.00713. The topological polar surface area (TPSA) is 58.4 Å². The Balaban J connectivity index is 2.44. The Morgan fingerprint density at radius 1 is 1.82 bits per heavy atom. The zero-order chi connectivity index (χ0) is 8.27. The maximum atomic E-state index is 11.1. The van der Waals surface area contributed by atoms with Gasteiger partial charge in [0.05, 0.1) is 6.04 Å². The van der Waals surface area contributed by atoms with Crippen LogP contribution in [0.5, 0.6) is 0 Å². The minimum Gasteiger partial charge on any atom is -0.353 e. The molecule has 11 heavy (non-hydrogen) atoms. The van der Waals surface area contributed by atoms with Gasteiger partial charge in [0.2, 0.25) is 5.91 Å². The summed E-state index contributed by atoms with van der Waals surface area (Å²) in [7, 11) is 0. The summed E-state index contributed by atoms with van der Waals surface area (Å²) in [6.45, 7) is 5.02. The standard InChI is InChI=1S/C7H15N3O/c1-6-7(11)9-3-5-10(6)4-2-8/h6H,2-5,8H2,1H3,(H,9,11). The molecule has 1 fully saturated rings. The third kappa shape index (κ3) is 1.91. The van der Waals surface area contributed by atoms with Crippen molar-refractivity contribution in [3.8, 4) is 0 Å². The Morgan fingerprint density at radius 2 is 2.55 bits per heavy atom. The van der Waals surface area contributed by atoms with E-state index in [1.807, 2.05) is 6.92 Å². The van der Waals surface area contributed by atoms with Crippen molar-refractivity contribution in [1.82, 2.24) is 10.2 Å². The summed E-state index contributed by atoms with van der Waals surface area (Å²) >= 11 is 0. The second kappa shape index (κ2) is 3.69. The van der Waals surface area contributed by atoms with Crippen molar-refractivity contribution in [3.63, 3.8) is 0 Å². The normalized spacial score (nSPS) is 26.7. The number of hydrogen-bond donors (Lipinski definition) is 2. The summed E-state index contributed by atoms with van der Waals surface area (Å²) in [6.07, 6.45) is 0. The molecule has 1 amide bonds. The molecule has 1 aliphatic heterocycles. The van der Waals surface area contributed by atoms with E-state index in [0.29, 0.717) is 6.54 Å². The Bertz CT molecular complexity index is 147. The summed E-state index contributed by atoms with van der Waals surface area (Å²) in [4.78, 5) is 13.2. The highest BCUT2D eigenvalue weighted by molar-refractivity contribution is 5.81. The maximum Gasteiger partial charge on any atom is 0.237 e.